The predicted molar refractivity (Wildman–Crippen MR) is 228 cm³/mol. The van der Waals surface area contributed by atoms with E-state index in [1.807, 2.05) is 30.3 Å². The molecule has 10 aromatic rings. The summed E-state index contributed by atoms with van der Waals surface area (Å²) in [4.78, 5) is 15.5. The monoisotopic (exact) mass is 728 g/mol. The first-order valence-electron chi connectivity index (χ1n) is 19.3. The van der Waals surface area contributed by atoms with Crippen molar-refractivity contribution in [1.82, 2.24) is 19.5 Å². The Morgan fingerprint density at radius 3 is 1.49 bits per heavy atom. The molecule has 57 heavy (non-hydrogen) atoms. The summed E-state index contributed by atoms with van der Waals surface area (Å²) in [5.74, 6) is 3.59. The van der Waals surface area contributed by atoms with Crippen LogP contribution in [0.2, 0.25) is 0 Å². The van der Waals surface area contributed by atoms with Crippen molar-refractivity contribution in [3.05, 3.63) is 216 Å². The summed E-state index contributed by atoms with van der Waals surface area (Å²) in [5, 5.41) is 2.47. The van der Waals surface area contributed by atoms with Crippen LogP contribution in [0.1, 0.15) is 22.3 Å². The van der Waals surface area contributed by atoms with E-state index in [-0.39, 0.29) is 0 Å². The molecule has 266 valence electrons. The van der Waals surface area contributed by atoms with Crippen LogP contribution in [0, 0.1) is 0 Å². The zero-order valence-electron chi connectivity index (χ0n) is 30.7. The third-order valence-electron chi connectivity index (χ3n) is 11.7. The topological polar surface area (TPSA) is 52.8 Å². The predicted octanol–water partition coefficient (Wildman–Crippen LogP) is 12.4. The molecule has 0 amide bonds. The number of para-hydroxylation sites is 4. The molecule has 1 aliphatic heterocycles. The molecule has 0 radical (unpaired) electrons. The van der Waals surface area contributed by atoms with Crippen molar-refractivity contribution in [2.75, 3.05) is 0 Å². The van der Waals surface area contributed by atoms with Crippen molar-refractivity contribution in [1.29, 1.82) is 0 Å². The first-order chi connectivity index (χ1) is 28.3. The van der Waals surface area contributed by atoms with Gasteiger partial charge in [-0.1, -0.05) is 140 Å². The van der Waals surface area contributed by atoms with Crippen molar-refractivity contribution >= 4 is 21.8 Å². The molecule has 0 N–H and O–H groups in total. The summed E-state index contributed by atoms with van der Waals surface area (Å²) in [7, 11) is 0. The Morgan fingerprint density at radius 1 is 0.368 bits per heavy atom. The molecule has 0 fully saturated rings. The fourth-order valence-corrected chi connectivity index (χ4v) is 9.30. The number of hydrogen-bond donors (Lipinski definition) is 0. The average molecular weight is 729 g/mol. The second-order valence-electron chi connectivity index (χ2n) is 14.7. The molecule has 0 atom stereocenters. The van der Waals surface area contributed by atoms with Gasteiger partial charge in [0.25, 0.3) is 0 Å². The minimum atomic E-state index is -0.589. The highest BCUT2D eigenvalue weighted by atomic mass is 16.5. The van der Waals surface area contributed by atoms with E-state index in [4.69, 9.17) is 19.7 Å². The Bertz CT molecular complexity index is 3120. The van der Waals surface area contributed by atoms with E-state index in [1.165, 1.54) is 44.1 Å². The molecule has 0 bridgehead atoms. The third kappa shape index (κ3) is 4.60. The first-order valence-corrected chi connectivity index (χ1v) is 19.3. The molecule has 0 unspecified atom stereocenters. The van der Waals surface area contributed by atoms with Crippen molar-refractivity contribution in [2.45, 2.75) is 5.41 Å². The Balaban J connectivity index is 1.05. The van der Waals surface area contributed by atoms with Crippen molar-refractivity contribution < 1.29 is 4.74 Å². The zero-order chi connectivity index (χ0) is 37.5. The van der Waals surface area contributed by atoms with Gasteiger partial charge >= 0.3 is 0 Å². The second-order valence-corrected chi connectivity index (χ2v) is 14.7. The minimum absolute atomic E-state index is 0.589. The number of ether oxygens (including phenoxy) is 1. The summed E-state index contributed by atoms with van der Waals surface area (Å²) in [5.41, 5.74) is 12.7. The fraction of sp³-hybridized carbons (Fsp3) is 0.0192. The average Bonchev–Trinajstić information content (AvgIpc) is 3.77. The molecule has 2 aliphatic rings. The lowest BCUT2D eigenvalue weighted by Crippen LogP contribution is -2.32. The number of rotatable bonds is 4. The summed E-state index contributed by atoms with van der Waals surface area (Å²) in [6, 6.07) is 68.3. The SMILES string of the molecule is c1ccc(-c2nc(-c3ccc(-n4c5ccccc5c5ccccc54)cc3)nc(-c3ccc4c(c3)C3(c5ccccc5Oc5ccccc53)c3ccccc3-4)n2)cc1. The Hall–Kier alpha value is -7.63. The van der Waals surface area contributed by atoms with E-state index >= 15 is 0 Å². The van der Waals surface area contributed by atoms with Gasteiger partial charge in [-0.2, -0.15) is 0 Å². The quantitative estimate of drug-likeness (QED) is 0.181. The molecule has 5 heteroatoms. The van der Waals surface area contributed by atoms with E-state index in [9.17, 15) is 0 Å². The molecule has 8 aromatic carbocycles. The number of nitrogens with zero attached hydrogens (tertiary/aromatic N) is 4. The highest BCUT2D eigenvalue weighted by molar-refractivity contribution is 6.09. The van der Waals surface area contributed by atoms with Crippen LogP contribution in [-0.2, 0) is 5.41 Å². The van der Waals surface area contributed by atoms with Gasteiger partial charge in [-0.05, 0) is 76.9 Å². The fourth-order valence-electron chi connectivity index (χ4n) is 9.30. The van der Waals surface area contributed by atoms with Gasteiger partial charge in [0.15, 0.2) is 17.5 Å². The van der Waals surface area contributed by atoms with Gasteiger partial charge < -0.3 is 9.30 Å². The molecule has 5 nitrogen and oxygen atoms in total. The lowest BCUT2D eigenvalue weighted by Gasteiger charge is -2.39. The van der Waals surface area contributed by atoms with Gasteiger partial charge in [0.2, 0.25) is 0 Å². The maximum Gasteiger partial charge on any atom is 0.164 e. The van der Waals surface area contributed by atoms with E-state index in [2.05, 4.69) is 168 Å². The largest absolute Gasteiger partial charge is 0.457 e. The van der Waals surface area contributed by atoms with Crippen LogP contribution >= 0.6 is 0 Å². The van der Waals surface area contributed by atoms with E-state index in [1.54, 1.807) is 0 Å². The van der Waals surface area contributed by atoms with Crippen LogP contribution in [-0.4, -0.2) is 19.5 Å². The summed E-state index contributed by atoms with van der Waals surface area (Å²) in [6.45, 7) is 0. The van der Waals surface area contributed by atoms with Crippen LogP contribution in [0.5, 0.6) is 11.5 Å². The van der Waals surface area contributed by atoms with Crippen molar-refractivity contribution in [3.8, 4) is 62.5 Å². The molecule has 1 spiro atoms. The van der Waals surface area contributed by atoms with Crippen LogP contribution in [0.25, 0.3) is 72.8 Å². The lowest BCUT2D eigenvalue weighted by atomic mass is 9.66. The molecule has 0 saturated carbocycles. The van der Waals surface area contributed by atoms with Crippen LogP contribution < -0.4 is 4.74 Å². The van der Waals surface area contributed by atoms with Crippen molar-refractivity contribution in [2.24, 2.45) is 0 Å². The van der Waals surface area contributed by atoms with Gasteiger partial charge in [0, 0.05) is 44.3 Å². The maximum atomic E-state index is 6.58. The number of benzene rings is 8. The summed E-state index contributed by atoms with van der Waals surface area (Å²) >= 11 is 0. The molecule has 0 saturated heterocycles. The van der Waals surface area contributed by atoms with Gasteiger partial charge in [-0.25, -0.2) is 15.0 Å². The van der Waals surface area contributed by atoms with E-state index in [0.717, 1.165) is 45.0 Å². The Kier molecular flexibility index (Phi) is 6.78. The highest BCUT2D eigenvalue weighted by Crippen LogP contribution is 2.62. The van der Waals surface area contributed by atoms with Crippen LogP contribution in [0.4, 0.5) is 0 Å². The standard InChI is InChI=1S/C52H32N4O/c1-2-14-33(15-3-1)49-53-50(34-26-29-36(30-27-34)56-45-22-10-5-17-39(45)40-18-6-11-23-46(40)56)55-51(54-49)35-28-31-38-37-16-4-7-19-41(37)52(44(38)32-35)42-20-8-12-24-47(42)57-48-25-13-9-21-43(48)52/h1-32H. The van der Waals surface area contributed by atoms with Crippen LogP contribution in [0.15, 0.2) is 194 Å². The Labute approximate surface area is 329 Å². The lowest BCUT2D eigenvalue weighted by molar-refractivity contribution is 0.436. The molecular weight excluding hydrogens is 697 g/mol. The first kappa shape index (κ1) is 31.7. The number of hydrogen-bond acceptors (Lipinski definition) is 4. The van der Waals surface area contributed by atoms with Crippen LogP contribution in [0.3, 0.4) is 0 Å². The molecule has 12 rings (SSSR count). The number of aromatic nitrogens is 4. The minimum Gasteiger partial charge on any atom is -0.457 e. The van der Waals surface area contributed by atoms with E-state index < -0.39 is 5.41 Å². The molecule has 1 aliphatic carbocycles. The molecule has 3 heterocycles. The molecular formula is C52H32N4O. The van der Waals surface area contributed by atoms with Gasteiger partial charge in [0.05, 0.1) is 16.4 Å². The smallest absolute Gasteiger partial charge is 0.164 e. The summed E-state index contributed by atoms with van der Waals surface area (Å²) < 4.78 is 8.91. The third-order valence-corrected chi connectivity index (χ3v) is 11.7. The van der Waals surface area contributed by atoms with Gasteiger partial charge in [-0.15, -0.1) is 0 Å². The normalized spacial score (nSPS) is 13.2. The number of fused-ring (bicyclic) bond motifs is 12. The maximum absolute atomic E-state index is 6.58. The van der Waals surface area contributed by atoms with Gasteiger partial charge in [0.1, 0.15) is 11.5 Å². The Morgan fingerprint density at radius 2 is 0.842 bits per heavy atom. The summed E-state index contributed by atoms with van der Waals surface area (Å²) in [6.07, 6.45) is 0. The molecule has 2 aromatic heterocycles. The van der Waals surface area contributed by atoms with Crippen molar-refractivity contribution in [3.63, 3.8) is 0 Å². The zero-order valence-corrected chi connectivity index (χ0v) is 30.7. The second kappa shape index (κ2) is 12.2. The van der Waals surface area contributed by atoms with E-state index in [0.29, 0.717) is 17.5 Å². The highest BCUT2D eigenvalue weighted by Gasteiger charge is 2.51. The van der Waals surface area contributed by atoms with Gasteiger partial charge in [-0.3, -0.25) is 0 Å².